The number of benzene rings is 2. The largest absolute Gasteiger partial charge is 0.497 e. The minimum atomic E-state index is -0.186. The lowest BCUT2D eigenvalue weighted by Gasteiger charge is -2.29. The van der Waals surface area contributed by atoms with E-state index in [-0.39, 0.29) is 11.6 Å². The summed E-state index contributed by atoms with van der Waals surface area (Å²) in [5.41, 5.74) is 2.19. The molecule has 1 N–H and O–H groups in total. The number of ether oxygens (including phenoxy) is 3. The summed E-state index contributed by atoms with van der Waals surface area (Å²) in [5, 5.41) is 13.6. The van der Waals surface area contributed by atoms with E-state index in [1.807, 2.05) is 54.6 Å². The first kappa shape index (κ1) is 25.6. The van der Waals surface area contributed by atoms with Gasteiger partial charge in [-0.1, -0.05) is 19.1 Å². The Morgan fingerprint density at radius 2 is 1.88 bits per heavy atom. The van der Waals surface area contributed by atoms with Gasteiger partial charge in [-0.25, -0.2) is 4.68 Å². The lowest BCUT2D eigenvalue weighted by atomic mass is 10.1. The Morgan fingerprint density at radius 3 is 2.60 bits per heavy atom. The second-order valence-corrected chi connectivity index (χ2v) is 9.66. The number of hydrogen-bond acceptors (Lipinski definition) is 9. The van der Waals surface area contributed by atoms with Crippen molar-refractivity contribution in [3.63, 3.8) is 0 Å². The van der Waals surface area contributed by atoms with Crippen molar-refractivity contribution in [1.82, 2.24) is 30.1 Å². The molecule has 0 saturated carbocycles. The van der Waals surface area contributed by atoms with Gasteiger partial charge in [0, 0.05) is 23.6 Å². The zero-order chi connectivity index (χ0) is 27.5. The molecule has 0 radical (unpaired) electrons. The second kappa shape index (κ2) is 11.2. The highest BCUT2D eigenvalue weighted by Gasteiger charge is 2.27. The van der Waals surface area contributed by atoms with Crippen molar-refractivity contribution in [3.05, 3.63) is 93.9 Å². The molecule has 40 heavy (non-hydrogen) atoms. The van der Waals surface area contributed by atoms with Gasteiger partial charge in [0.1, 0.15) is 24.7 Å². The molecule has 1 aliphatic heterocycles. The molecule has 0 aliphatic carbocycles. The van der Waals surface area contributed by atoms with Crippen LogP contribution in [0.5, 0.6) is 17.2 Å². The monoisotopic (exact) mass is 542 g/mol. The van der Waals surface area contributed by atoms with E-state index >= 15 is 0 Å². The summed E-state index contributed by atoms with van der Waals surface area (Å²) in [6.07, 6.45) is 2.37. The van der Waals surface area contributed by atoms with E-state index in [0.717, 1.165) is 22.5 Å². The number of aromatic amines is 1. The van der Waals surface area contributed by atoms with Crippen molar-refractivity contribution in [2.45, 2.75) is 39.0 Å². The Bertz CT molecular complexity index is 1640. The van der Waals surface area contributed by atoms with Gasteiger partial charge in [0.25, 0.3) is 5.56 Å². The highest BCUT2D eigenvalue weighted by Crippen LogP contribution is 2.34. The molecule has 0 spiro atoms. The molecule has 3 aromatic heterocycles. The molecule has 2 aromatic carbocycles. The average molecular weight is 543 g/mol. The van der Waals surface area contributed by atoms with E-state index < -0.39 is 0 Å². The van der Waals surface area contributed by atoms with Crippen LogP contribution >= 0.6 is 0 Å². The third-order valence-electron chi connectivity index (χ3n) is 7.07. The van der Waals surface area contributed by atoms with Crippen LogP contribution in [0.4, 0.5) is 0 Å². The number of rotatable bonds is 10. The van der Waals surface area contributed by atoms with E-state index in [0.29, 0.717) is 67.7 Å². The summed E-state index contributed by atoms with van der Waals surface area (Å²) in [6, 6.07) is 17.1. The lowest BCUT2D eigenvalue weighted by Crippen LogP contribution is -2.32. The minimum absolute atomic E-state index is 0.165. The van der Waals surface area contributed by atoms with Gasteiger partial charge in [-0.2, -0.15) is 0 Å². The van der Waals surface area contributed by atoms with Gasteiger partial charge in [-0.05, 0) is 58.8 Å². The standard InChI is InChI=1S/C29H30N6O5/c1-3-25(28-31-32-33-35(28)16-19-6-8-22(37-2)9-7-19)34(18-23-5-4-10-38-23)17-21-13-20-14-26-27(40-12-11-39-26)15-24(20)30-29(21)36/h4-10,13-15,25H,3,11-12,16-18H2,1-2H3,(H,30,36)/t25-/m0/s1. The highest BCUT2D eigenvalue weighted by molar-refractivity contribution is 5.83. The van der Waals surface area contributed by atoms with Crippen molar-refractivity contribution < 1.29 is 18.6 Å². The first-order valence-electron chi connectivity index (χ1n) is 13.2. The zero-order valence-corrected chi connectivity index (χ0v) is 22.4. The number of nitrogens with one attached hydrogen (secondary N) is 1. The van der Waals surface area contributed by atoms with Crippen molar-refractivity contribution in [3.8, 4) is 17.2 Å². The molecule has 11 heteroatoms. The second-order valence-electron chi connectivity index (χ2n) is 9.66. The Kier molecular flexibility index (Phi) is 7.19. The molecule has 0 fully saturated rings. The van der Waals surface area contributed by atoms with E-state index in [1.165, 1.54) is 0 Å². The molecule has 0 saturated heterocycles. The molecule has 0 unspecified atom stereocenters. The SMILES string of the molecule is CC[C@@H](c1nnnn1Cc1ccc(OC)cc1)N(Cc1ccco1)Cc1cc2cc3c(cc2[nH]c1=O)OCCO3. The van der Waals surface area contributed by atoms with E-state index in [1.54, 1.807) is 18.1 Å². The van der Waals surface area contributed by atoms with Crippen LogP contribution in [-0.4, -0.2) is 50.4 Å². The van der Waals surface area contributed by atoms with Crippen molar-refractivity contribution >= 4 is 10.9 Å². The van der Waals surface area contributed by atoms with Gasteiger partial charge < -0.3 is 23.6 Å². The Labute approximate surface area is 230 Å². The fourth-order valence-electron chi connectivity index (χ4n) is 5.07. The molecular weight excluding hydrogens is 512 g/mol. The van der Waals surface area contributed by atoms with Crippen LogP contribution in [0.2, 0.25) is 0 Å². The molecule has 11 nitrogen and oxygen atoms in total. The normalized spacial score (nSPS) is 13.6. The topological polar surface area (TPSA) is 121 Å². The summed E-state index contributed by atoms with van der Waals surface area (Å²) < 4.78 is 24.2. The molecule has 1 aliphatic rings. The van der Waals surface area contributed by atoms with Gasteiger partial charge in [0.15, 0.2) is 17.3 Å². The Morgan fingerprint density at radius 1 is 1.07 bits per heavy atom. The number of H-pyrrole nitrogens is 1. The smallest absolute Gasteiger partial charge is 0.252 e. The summed E-state index contributed by atoms with van der Waals surface area (Å²) in [5.74, 6) is 3.59. The fraction of sp³-hybridized carbons (Fsp3) is 0.310. The predicted octanol–water partition coefficient (Wildman–Crippen LogP) is 4.09. The maximum Gasteiger partial charge on any atom is 0.252 e. The van der Waals surface area contributed by atoms with Crippen molar-refractivity contribution in [1.29, 1.82) is 0 Å². The first-order valence-corrected chi connectivity index (χ1v) is 13.2. The maximum atomic E-state index is 13.3. The summed E-state index contributed by atoms with van der Waals surface area (Å²) in [6.45, 7) is 4.39. The van der Waals surface area contributed by atoms with Crippen molar-refractivity contribution in [2.24, 2.45) is 0 Å². The number of methoxy groups -OCH3 is 1. The number of tetrazole rings is 1. The molecule has 6 rings (SSSR count). The third-order valence-corrected chi connectivity index (χ3v) is 7.07. The van der Waals surface area contributed by atoms with Crippen molar-refractivity contribution in [2.75, 3.05) is 20.3 Å². The van der Waals surface area contributed by atoms with Crippen LogP contribution in [0.1, 0.15) is 42.1 Å². The Balaban J connectivity index is 1.33. The van der Waals surface area contributed by atoms with Gasteiger partial charge in [0.05, 0.1) is 38.0 Å². The van der Waals surface area contributed by atoms with Crippen LogP contribution in [-0.2, 0) is 19.6 Å². The molecular formula is C29H30N6O5. The minimum Gasteiger partial charge on any atom is -0.497 e. The van der Waals surface area contributed by atoms with Gasteiger partial charge in [0.2, 0.25) is 0 Å². The van der Waals surface area contributed by atoms with Gasteiger partial charge in [-0.15, -0.1) is 5.10 Å². The van der Waals surface area contributed by atoms with Gasteiger partial charge >= 0.3 is 0 Å². The third kappa shape index (κ3) is 5.28. The van der Waals surface area contributed by atoms with Crippen LogP contribution in [0.15, 0.2) is 70.1 Å². The lowest BCUT2D eigenvalue weighted by molar-refractivity contribution is 0.149. The van der Waals surface area contributed by atoms with Crippen LogP contribution in [0, 0.1) is 0 Å². The number of aromatic nitrogens is 5. The number of nitrogens with zero attached hydrogens (tertiary/aromatic N) is 5. The van der Waals surface area contributed by atoms with Crippen LogP contribution in [0.25, 0.3) is 10.9 Å². The molecule has 5 aromatic rings. The first-order chi connectivity index (χ1) is 19.6. The van der Waals surface area contributed by atoms with Crippen LogP contribution in [0.3, 0.4) is 0 Å². The molecule has 0 bridgehead atoms. The molecule has 1 atom stereocenters. The highest BCUT2D eigenvalue weighted by atomic mass is 16.6. The number of fused-ring (bicyclic) bond motifs is 2. The zero-order valence-electron chi connectivity index (χ0n) is 22.4. The summed E-state index contributed by atoms with van der Waals surface area (Å²) in [4.78, 5) is 18.5. The van der Waals surface area contributed by atoms with Gasteiger partial charge in [-0.3, -0.25) is 9.69 Å². The summed E-state index contributed by atoms with van der Waals surface area (Å²) in [7, 11) is 1.64. The van der Waals surface area contributed by atoms with Crippen LogP contribution < -0.4 is 19.8 Å². The maximum absolute atomic E-state index is 13.3. The quantitative estimate of drug-likeness (QED) is 0.278. The molecule has 0 amide bonds. The summed E-state index contributed by atoms with van der Waals surface area (Å²) >= 11 is 0. The van der Waals surface area contributed by atoms with E-state index in [9.17, 15) is 4.79 Å². The average Bonchev–Trinajstić information content (AvgIpc) is 3.66. The number of pyridine rings is 1. The Hall–Kier alpha value is -4.64. The number of furan rings is 1. The predicted molar refractivity (Wildman–Crippen MR) is 146 cm³/mol. The van der Waals surface area contributed by atoms with E-state index in [4.69, 9.17) is 18.6 Å². The molecule has 206 valence electrons. The van der Waals surface area contributed by atoms with E-state index in [2.05, 4.69) is 32.3 Å². The number of hydrogen-bond donors (Lipinski definition) is 1. The fourth-order valence-corrected chi connectivity index (χ4v) is 5.07. The molecule has 4 heterocycles.